The number of piperidine rings is 1. The first-order valence-corrected chi connectivity index (χ1v) is 6.94. The van der Waals surface area contributed by atoms with E-state index in [0.717, 1.165) is 25.9 Å². The van der Waals surface area contributed by atoms with Gasteiger partial charge in [0.2, 0.25) is 0 Å². The van der Waals surface area contributed by atoms with E-state index < -0.39 is 0 Å². The number of rotatable bonds is 4. The zero-order valence-corrected chi connectivity index (χ0v) is 11.9. The second-order valence-electron chi connectivity index (χ2n) is 5.42. The Hall–Kier alpha value is -1.29. The van der Waals surface area contributed by atoms with Gasteiger partial charge in [-0.3, -0.25) is 0 Å². The zero-order chi connectivity index (χ0) is 13.8. The Morgan fingerprint density at radius 2 is 2.21 bits per heavy atom. The fraction of sp³-hybridized carbons (Fsp3) is 0.600. The standard InChI is InChI=1S/C15H23FN2O/c1-11(2)17-12-5-4-8-18(10-12)15-9-13(19-3)6-7-14(15)16/h6-7,9,11-12,17H,4-5,8,10H2,1-3H3. The van der Waals surface area contributed by atoms with Gasteiger partial charge in [-0.05, 0) is 25.0 Å². The van der Waals surface area contributed by atoms with Crippen LogP contribution < -0.4 is 15.0 Å². The van der Waals surface area contributed by atoms with Crippen molar-refractivity contribution in [1.82, 2.24) is 5.32 Å². The highest BCUT2D eigenvalue weighted by Gasteiger charge is 2.22. The van der Waals surface area contributed by atoms with Gasteiger partial charge in [-0.1, -0.05) is 13.8 Å². The fourth-order valence-electron chi connectivity index (χ4n) is 2.67. The summed E-state index contributed by atoms with van der Waals surface area (Å²) in [5.74, 6) is 0.529. The average Bonchev–Trinajstić information content (AvgIpc) is 2.39. The van der Waals surface area contributed by atoms with Crippen molar-refractivity contribution < 1.29 is 9.13 Å². The molecule has 0 amide bonds. The summed E-state index contributed by atoms with van der Waals surface area (Å²) < 4.78 is 19.1. The van der Waals surface area contributed by atoms with Crippen LogP contribution >= 0.6 is 0 Å². The van der Waals surface area contributed by atoms with Gasteiger partial charge < -0.3 is 15.0 Å². The van der Waals surface area contributed by atoms with E-state index in [4.69, 9.17) is 4.74 Å². The summed E-state index contributed by atoms with van der Waals surface area (Å²) in [6.45, 7) is 6.04. The molecule has 0 saturated carbocycles. The highest BCUT2D eigenvalue weighted by atomic mass is 19.1. The van der Waals surface area contributed by atoms with Gasteiger partial charge in [0.05, 0.1) is 12.8 Å². The summed E-state index contributed by atoms with van der Waals surface area (Å²) in [7, 11) is 1.61. The number of benzene rings is 1. The van der Waals surface area contributed by atoms with E-state index in [1.165, 1.54) is 6.07 Å². The molecule has 1 aromatic rings. The number of halogens is 1. The van der Waals surface area contributed by atoms with Crippen molar-refractivity contribution in [2.75, 3.05) is 25.1 Å². The van der Waals surface area contributed by atoms with Crippen LogP contribution in [0.3, 0.4) is 0 Å². The molecule has 3 nitrogen and oxygen atoms in total. The third kappa shape index (κ3) is 3.60. The fourth-order valence-corrected chi connectivity index (χ4v) is 2.67. The number of hydrogen-bond donors (Lipinski definition) is 1. The Labute approximate surface area is 114 Å². The third-order valence-corrected chi connectivity index (χ3v) is 3.48. The quantitative estimate of drug-likeness (QED) is 0.907. The summed E-state index contributed by atoms with van der Waals surface area (Å²) in [4.78, 5) is 2.11. The van der Waals surface area contributed by atoms with Crippen LogP contribution in [0.4, 0.5) is 10.1 Å². The molecule has 1 aromatic carbocycles. The number of nitrogens with zero attached hydrogens (tertiary/aromatic N) is 1. The van der Waals surface area contributed by atoms with Gasteiger partial charge in [0.15, 0.2) is 0 Å². The van der Waals surface area contributed by atoms with Crippen LogP contribution in [0.2, 0.25) is 0 Å². The van der Waals surface area contributed by atoms with Crippen LogP contribution in [0.5, 0.6) is 5.75 Å². The second-order valence-corrected chi connectivity index (χ2v) is 5.42. The van der Waals surface area contributed by atoms with Crippen molar-refractivity contribution in [3.8, 4) is 5.75 Å². The van der Waals surface area contributed by atoms with Gasteiger partial charge in [-0.25, -0.2) is 4.39 Å². The highest BCUT2D eigenvalue weighted by Crippen LogP contribution is 2.27. The Balaban J connectivity index is 2.12. The van der Waals surface area contributed by atoms with E-state index in [1.54, 1.807) is 19.2 Å². The summed E-state index contributed by atoms with van der Waals surface area (Å²) in [5, 5.41) is 3.53. The first-order chi connectivity index (χ1) is 9.10. The molecule has 0 aromatic heterocycles. The summed E-state index contributed by atoms with van der Waals surface area (Å²) in [6.07, 6.45) is 2.24. The number of methoxy groups -OCH3 is 1. The molecule has 0 bridgehead atoms. The average molecular weight is 266 g/mol. The number of anilines is 1. The smallest absolute Gasteiger partial charge is 0.146 e. The van der Waals surface area contributed by atoms with Gasteiger partial charge in [-0.15, -0.1) is 0 Å². The van der Waals surface area contributed by atoms with Gasteiger partial charge in [0.1, 0.15) is 11.6 Å². The van der Waals surface area contributed by atoms with Gasteiger partial charge in [0, 0.05) is 31.2 Å². The molecular weight excluding hydrogens is 243 g/mol. The molecule has 1 atom stereocenters. The minimum atomic E-state index is -0.175. The Morgan fingerprint density at radius 3 is 2.89 bits per heavy atom. The number of ether oxygens (including phenoxy) is 1. The molecule has 1 unspecified atom stereocenters. The molecule has 0 spiro atoms. The molecule has 1 saturated heterocycles. The van der Waals surface area contributed by atoms with Crippen LogP contribution in [-0.2, 0) is 0 Å². The lowest BCUT2D eigenvalue weighted by atomic mass is 10.0. The van der Waals surface area contributed by atoms with Crippen molar-refractivity contribution in [3.05, 3.63) is 24.0 Å². The molecule has 1 aliphatic rings. The Bertz CT molecular complexity index is 423. The van der Waals surface area contributed by atoms with Crippen molar-refractivity contribution >= 4 is 5.69 Å². The minimum Gasteiger partial charge on any atom is -0.497 e. The van der Waals surface area contributed by atoms with Crippen LogP contribution in [0.15, 0.2) is 18.2 Å². The molecule has 19 heavy (non-hydrogen) atoms. The molecule has 1 aliphatic heterocycles. The van der Waals surface area contributed by atoms with E-state index in [-0.39, 0.29) is 5.82 Å². The molecule has 0 radical (unpaired) electrons. The van der Waals surface area contributed by atoms with Crippen LogP contribution in [0, 0.1) is 5.82 Å². The largest absolute Gasteiger partial charge is 0.497 e. The zero-order valence-electron chi connectivity index (χ0n) is 11.9. The molecule has 2 rings (SSSR count). The van der Waals surface area contributed by atoms with Crippen molar-refractivity contribution in [1.29, 1.82) is 0 Å². The maximum Gasteiger partial charge on any atom is 0.146 e. The maximum absolute atomic E-state index is 14.0. The second kappa shape index (κ2) is 6.24. The van der Waals surface area contributed by atoms with E-state index >= 15 is 0 Å². The molecule has 1 fully saturated rings. The Kier molecular flexibility index (Phi) is 4.64. The van der Waals surface area contributed by atoms with Crippen molar-refractivity contribution in [2.45, 2.75) is 38.8 Å². The van der Waals surface area contributed by atoms with Crippen LogP contribution in [0.25, 0.3) is 0 Å². The normalized spacial score (nSPS) is 19.8. The monoisotopic (exact) mass is 266 g/mol. The van der Waals surface area contributed by atoms with Crippen LogP contribution in [-0.4, -0.2) is 32.3 Å². The van der Waals surface area contributed by atoms with E-state index in [9.17, 15) is 4.39 Å². The predicted octanol–water partition coefficient (Wildman–Crippen LogP) is 2.80. The first kappa shape index (κ1) is 14.1. The first-order valence-electron chi connectivity index (χ1n) is 6.94. The predicted molar refractivity (Wildman–Crippen MR) is 76.5 cm³/mol. The van der Waals surface area contributed by atoms with Gasteiger partial charge >= 0.3 is 0 Å². The van der Waals surface area contributed by atoms with E-state index in [1.807, 2.05) is 0 Å². The Morgan fingerprint density at radius 1 is 1.42 bits per heavy atom. The van der Waals surface area contributed by atoms with E-state index in [2.05, 4.69) is 24.1 Å². The van der Waals surface area contributed by atoms with Crippen molar-refractivity contribution in [2.24, 2.45) is 0 Å². The molecule has 1 N–H and O–H groups in total. The minimum absolute atomic E-state index is 0.175. The molecule has 4 heteroatoms. The van der Waals surface area contributed by atoms with Gasteiger partial charge in [0.25, 0.3) is 0 Å². The molecule has 1 heterocycles. The SMILES string of the molecule is COc1ccc(F)c(N2CCCC(NC(C)C)C2)c1. The highest BCUT2D eigenvalue weighted by molar-refractivity contribution is 5.52. The third-order valence-electron chi connectivity index (χ3n) is 3.48. The molecule has 106 valence electrons. The lowest BCUT2D eigenvalue weighted by Gasteiger charge is -2.36. The number of hydrogen-bond acceptors (Lipinski definition) is 3. The summed E-state index contributed by atoms with van der Waals surface area (Å²) in [6, 6.07) is 5.81. The topological polar surface area (TPSA) is 24.5 Å². The van der Waals surface area contributed by atoms with Crippen molar-refractivity contribution in [3.63, 3.8) is 0 Å². The molecular formula is C15H23FN2O. The summed E-state index contributed by atoms with van der Waals surface area (Å²) in [5.41, 5.74) is 0.648. The van der Waals surface area contributed by atoms with Crippen LogP contribution in [0.1, 0.15) is 26.7 Å². The maximum atomic E-state index is 14.0. The molecule has 0 aliphatic carbocycles. The van der Waals surface area contributed by atoms with E-state index in [0.29, 0.717) is 23.5 Å². The number of nitrogens with one attached hydrogen (secondary N) is 1. The lowest BCUT2D eigenvalue weighted by molar-refractivity contribution is 0.390. The van der Waals surface area contributed by atoms with Gasteiger partial charge in [-0.2, -0.15) is 0 Å². The summed E-state index contributed by atoms with van der Waals surface area (Å²) >= 11 is 0. The lowest BCUT2D eigenvalue weighted by Crippen LogP contribution is -2.48.